The third kappa shape index (κ3) is 1.79. The maximum atomic E-state index is 10.4. The van der Waals surface area contributed by atoms with Gasteiger partial charge in [0.2, 0.25) is 0 Å². The van der Waals surface area contributed by atoms with Crippen LogP contribution < -0.4 is 0 Å². The predicted octanol–water partition coefficient (Wildman–Crippen LogP) is 1.61. The van der Waals surface area contributed by atoms with Gasteiger partial charge >= 0.3 is 0 Å². The molecule has 0 bridgehead atoms. The van der Waals surface area contributed by atoms with Crippen LogP contribution in [0.4, 0.5) is 0 Å². The molecule has 0 radical (unpaired) electrons. The normalized spacial score (nSPS) is 36.4. The quantitative estimate of drug-likeness (QED) is 0.695. The molecule has 1 saturated heterocycles. The second-order valence-corrected chi connectivity index (χ2v) is 4.77. The van der Waals surface area contributed by atoms with Gasteiger partial charge in [0.25, 0.3) is 0 Å². The van der Waals surface area contributed by atoms with Crippen LogP contribution in [0.2, 0.25) is 0 Å². The van der Waals surface area contributed by atoms with Crippen molar-refractivity contribution < 1.29 is 14.6 Å². The minimum atomic E-state index is -0.793. The Morgan fingerprint density at radius 2 is 2.14 bits per heavy atom. The van der Waals surface area contributed by atoms with Crippen LogP contribution in [0.3, 0.4) is 0 Å². The molecule has 1 fully saturated rings. The van der Waals surface area contributed by atoms with Gasteiger partial charge in [-0.2, -0.15) is 0 Å². The molecule has 1 N–H and O–H groups in total. The second-order valence-electron chi connectivity index (χ2n) is 4.77. The smallest absolute Gasteiger partial charge is 0.126 e. The fraction of sp³-hybridized carbons (Fsp3) is 0.818. The highest BCUT2D eigenvalue weighted by atomic mass is 16.5. The highest BCUT2D eigenvalue weighted by molar-refractivity contribution is 5.15. The van der Waals surface area contributed by atoms with Crippen LogP contribution in [0.5, 0.6) is 0 Å². The molecule has 3 heteroatoms. The van der Waals surface area contributed by atoms with Crippen molar-refractivity contribution in [3.05, 3.63) is 11.8 Å². The Hall–Kier alpha value is -0.540. The SMILES string of the molecule is CC1(C)CC(O)(C2=CCCO2)CCO1. The van der Waals surface area contributed by atoms with Gasteiger partial charge in [0.1, 0.15) is 11.4 Å². The number of hydrogen-bond donors (Lipinski definition) is 1. The molecular weight excluding hydrogens is 180 g/mol. The van der Waals surface area contributed by atoms with Crippen molar-refractivity contribution >= 4 is 0 Å². The van der Waals surface area contributed by atoms with Crippen molar-refractivity contribution in [1.29, 1.82) is 0 Å². The summed E-state index contributed by atoms with van der Waals surface area (Å²) >= 11 is 0. The van der Waals surface area contributed by atoms with Crippen LogP contribution in [0, 0.1) is 0 Å². The van der Waals surface area contributed by atoms with Crippen LogP contribution in [0.15, 0.2) is 11.8 Å². The van der Waals surface area contributed by atoms with E-state index >= 15 is 0 Å². The molecule has 0 amide bonds. The summed E-state index contributed by atoms with van der Waals surface area (Å²) in [5, 5.41) is 10.4. The van der Waals surface area contributed by atoms with Crippen molar-refractivity contribution in [2.24, 2.45) is 0 Å². The molecule has 0 spiro atoms. The summed E-state index contributed by atoms with van der Waals surface area (Å²) in [6.07, 6.45) is 4.18. The summed E-state index contributed by atoms with van der Waals surface area (Å²) < 4.78 is 11.0. The van der Waals surface area contributed by atoms with Crippen LogP contribution in [0.1, 0.15) is 33.1 Å². The number of hydrogen-bond acceptors (Lipinski definition) is 3. The number of aliphatic hydroxyl groups is 1. The molecule has 0 aromatic carbocycles. The van der Waals surface area contributed by atoms with Gasteiger partial charge in [-0.05, 0) is 19.9 Å². The zero-order valence-electron chi connectivity index (χ0n) is 8.88. The Balaban J connectivity index is 2.14. The van der Waals surface area contributed by atoms with Crippen molar-refractivity contribution in [2.45, 2.75) is 44.3 Å². The highest BCUT2D eigenvalue weighted by Crippen LogP contribution is 2.38. The van der Waals surface area contributed by atoms with Crippen LogP contribution in [0.25, 0.3) is 0 Å². The van der Waals surface area contributed by atoms with E-state index in [1.807, 2.05) is 19.9 Å². The molecule has 1 unspecified atom stereocenters. The minimum absolute atomic E-state index is 0.250. The maximum absolute atomic E-state index is 10.4. The van der Waals surface area contributed by atoms with Gasteiger partial charge in [-0.1, -0.05) is 0 Å². The van der Waals surface area contributed by atoms with Crippen molar-refractivity contribution in [2.75, 3.05) is 13.2 Å². The second kappa shape index (κ2) is 3.24. The van der Waals surface area contributed by atoms with E-state index in [1.165, 1.54) is 0 Å². The van der Waals surface area contributed by atoms with Gasteiger partial charge in [0.05, 0.1) is 18.8 Å². The lowest BCUT2D eigenvalue weighted by Gasteiger charge is -2.41. The average molecular weight is 198 g/mol. The molecule has 2 rings (SSSR count). The predicted molar refractivity (Wildman–Crippen MR) is 52.9 cm³/mol. The van der Waals surface area contributed by atoms with E-state index in [2.05, 4.69) is 0 Å². The molecule has 2 aliphatic rings. The third-order valence-electron chi connectivity index (χ3n) is 2.89. The molecule has 0 aromatic heterocycles. The molecule has 2 heterocycles. The standard InChI is InChI=1S/C11H18O3/c1-10(2)8-11(12,5-7-14-10)9-4-3-6-13-9/h4,12H,3,5-8H2,1-2H3. The highest BCUT2D eigenvalue weighted by Gasteiger charge is 2.43. The summed E-state index contributed by atoms with van der Waals surface area (Å²) in [6.45, 7) is 5.32. The lowest BCUT2D eigenvalue weighted by atomic mass is 9.83. The Kier molecular flexibility index (Phi) is 2.32. The van der Waals surface area contributed by atoms with Crippen molar-refractivity contribution in [3.8, 4) is 0 Å². The monoisotopic (exact) mass is 198 g/mol. The molecule has 14 heavy (non-hydrogen) atoms. The fourth-order valence-corrected chi connectivity index (χ4v) is 2.29. The first-order valence-electron chi connectivity index (χ1n) is 5.22. The molecule has 0 aromatic rings. The average Bonchev–Trinajstić information content (AvgIpc) is 2.52. The van der Waals surface area contributed by atoms with Crippen LogP contribution >= 0.6 is 0 Å². The summed E-state index contributed by atoms with van der Waals surface area (Å²) in [5.74, 6) is 0.758. The third-order valence-corrected chi connectivity index (χ3v) is 2.89. The van der Waals surface area contributed by atoms with Gasteiger partial charge in [0.15, 0.2) is 0 Å². The van der Waals surface area contributed by atoms with Gasteiger partial charge < -0.3 is 14.6 Å². The van der Waals surface area contributed by atoms with Crippen LogP contribution in [-0.2, 0) is 9.47 Å². The summed E-state index contributed by atoms with van der Waals surface area (Å²) in [4.78, 5) is 0. The minimum Gasteiger partial charge on any atom is -0.495 e. The van der Waals surface area contributed by atoms with E-state index in [9.17, 15) is 5.11 Å². The Morgan fingerprint density at radius 3 is 2.71 bits per heavy atom. The van der Waals surface area contributed by atoms with Crippen molar-refractivity contribution in [1.82, 2.24) is 0 Å². The molecule has 0 aliphatic carbocycles. The topological polar surface area (TPSA) is 38.7 Å². The van der Waals surface area contributed by atoms with E-state index in [-0.39, 0.29) is 5.60 Å². The lowest BCUT2D eigenvalue weighted by Crippen LogP contribution is -2.47. The Labute approximate surface area is 84.7 Å². The molecule has 80 valence electrons. The maximum Gasteiger partial charge on any atom is 0.126 e. The molecule has 1 atom stereocenters. The van der Waals surface area contributed by atoms with E-state index in [4.69, 9.17) is 9.47 Å². The van der Waals surface area contributed by atoms with Crippen molar-refractivity contribution in [3.63, 3.8) is 0 Å². The first-order valence-corrected chi connectivity index (χ1v) is 5.22. The van der Waals surface area contributed by atoms with E-state index < -0.39 is 5.60 Å². The Bertz CT molecular complexity index is 257. The number of rotatable bonds is 1. The largest absolute Gasteiger partial charge is 0.495 e. The van der Waals surface area contributed by atoms with E-state index in [0.717, 1.165) is 12.2 Å². The summed E-state index contributed by atoms with van der Waals surface area (Å²) in [5.41, 5.74) is -1.04. The van der Waals surface area contributed by atoms with Gasteiger partial charge in [-0.3, -0.25) is 0 Å². The molecule has 0 saturated carbocycles. The molecule has 3 nitrogen and oxygen atoms in total. The van der Waals surface area contributed by atoms with Crippen LogP contribution in [-0.4, -0.2) is 29.5 Å². The number of ether oxygens (including phenoxy) is 2. The zero-order valence-corrected chi connectivity index (χ0v) is 8.88. The van der Waals surface area contributed by atoms with E-state index in [0.29, 0.717) is 26.1 Å². The zero-order chi connectivity index (χ0) is 10.2. The van der Waals surface area contributed by atoms with E-state index in [1.54, 1.807) is 0 Å². The first-order chi connectivity index (χ1) is 6.52. The Morgan fingerprint density at radius 1 is 1.36 bits per heavy atom. The van der Waals surface area contributed by atoms with Gasteiger partial charge in [-0.25, -0.2) is 0 Å². The summed E-state index contributed by atoms with van der Waals surface area (Å²) in [7, 11) is 0. The fourth-order valence-electron chi connectivity index (χ4n) is 2.29. The van der Waals surface area contributed by atoms with Gasteiger partial charge in [-0.15, -0.1) is 0 Å². The van der Waals surface area contributed by atoms with Gasteiger partial charge in [0, 0.05) is 19.3 Å². The first kappa shape index (κ1) is 9.99. The molecular formula is C11H18O3. The molecule has 2 aliphatic heterocycles. The summed E-state index contributed by atoms with van der Waals surface area (Å²) in [6, 6.07) is 0. The lowest BCUT2D eigenvalue weighted by molar-refractivity contribution is -0.142.